The van der Waals surface area contributed by atoms with Crippen molar-refractivity contribution in [3.05, 3.63) is 11.8 Å². The highest BCUT2D eigenvalue weighted by Crippen LogP contribution is 2.43. The highest BCUT2D eigenvalue weighted by molar-refractivity contribution is 4.97. The second-order valence-corrected chi connectivity index (χ2v) is 2.81. The first-order valence-corrected chi connectivity index (χ1v) is 3.70. The molecule has 1 atom stereocenters. The van der Waals surface area contributed by atoms with Crippen molar-refractivity contribution in [2.24, 2.45) is 5.73 Å². The van der Waals surface area contributed by atoms with E-state index in [4.69, 9.17) is 5.73 Å². The van der Waals surface area contributed by atoms with E-state index >= 15 is 0 Å². The van der Waals surface area contributed by atoms with Crippen LogP contribution in [0, 0.1) is 0 Å². The predicted molar refractivity (Wildman–Crippen MR) is 36.8 cm³/mol. The Labute approximate surface area is 80.3 Å². The fraction of sp³-hybridized carbons (Fsp3) is 0.667. The van der Waals surface area contributed by atoms with Gasteiger partial charge in [0, 0.05) is 0 Å². The number of alkyl halides is 5. The van der Waals surface area contributed by atoms with Crippen LogP contribution in [0.15, 0.2) is 4.42 Å². The van der Waals surface area contributed by atoms with Crippen LogP contribution in [0.2, 0.25) is 0 Å². The van der Waals surface area contributed by atoms with Gasteiger partial charge in [-0.2, -0.15) is 22.0 Å². The Morgan fingerprint density at radius 1 is 1.20 bits per heavy atom. The fourth-order valence-electron chi connectivity index (χ4n) is 0.667. The molecule has 1 rings (SSSR count). The molecule has 0 aliphatic rings. The van der Waals surface area contributed by atoms with Gasteiger partial charge in [-0.3, -0.25) is 0 Å². The van der Waals surface area contributed by atoms with Gasteiger partial charge in [-0.15, -0.1) is 10.2 Å². The number of hydrogen-bond acceptors (Lipinski definition) is 4. The number of aromatic nitrogens is 2. The zero-order chi connectivity index (χ0) is 11.9. The SMILES string of the molecule is CC(N)c1nnc(C(F)(F)C(F)(F)F)o1. The maximum absolute atomic E-state index is 12.6. The molecule has 1 aromatic heterocycles. The lowest BCUT2D eigenvalue weighted by molar-refractivity contribution is -0.297. The van der Waals surface area contributed by atoms with Gasteiger partial charge in [0.15, 0.2) is 0 Å². The first kappa shape index (κ1) is 11.8. The van der Waals surface area contributed by atoms with Gasteiger partial charge in [-0.05, 0) is 6.92 Å². The number of nitrogens with two attached hydrogens (primary N) is 1. The summed E-state index contributed by atoms with van der Waals surface area (Å²) in [6, 6.07) is -0.907. The summed E-state index contributed by atoms with van der Waals surface area (Å²) >= 11 is 0. The van der Waals surface area contributed by atoms with Crippen molar-refractivity contribution >= 4 is 0 Å². The zero-order valence-corrected chi connectivity index (χ0v) is 7.35. The topological polar surface area (TPSA) is 64.9 Å². The van der Waals surface area contributed by atoms with Crippen LogP contribution in [-0.2, 0) is 5.92 Å². The van der Waals surface area contributed by atoms with Crippen LogP contribution in [0.4, 0.5) is 22.0 Å². The van der Waals surface area contributed by atoms with Gasteiger partial charge < -0.3 is 10.2 Å². The molecule has 0 saturated heterocycles. The summed E-state index contributed by atoms with van der Waals surface area (Å²) in [6.07, 6.45) is -5.77. The molecule has 0 saturated carbocycles. The van der Waals surface area contributed by atoms with Crippen molar-refractivity contribution in [1.29, 1.82) is 0 Å². The normalized spacial score (nSPS) is 15.4. The smallest absolute Gasteiger partial charge is 0.418 e. The van der Waals surface area contributed by atoms with Gasteiger partial charge in [-0.1, -0.05) is 0 Å². The van der Waals surface area contributed by atoms with E-state index in [0.29, 0.717) is 0 Å². The Hall–Kier alpha value is -1.25. The van der Waals surface area contributed by atoms with E-state index < -0.39 is 29.9 Å². The predicted octanol–water partition coefficient (Wildman–Crippen LogP) is 1.74. The summed E-state index contributed by atoms with van der Waals surface area (Å²) in [5.74, 6) is -7.44. The van der Waals surface area contributed by atoms with Gasteiger partial charge in [0.1, 0.15) is 0 Å². The Morgan fingerprint density at radius 2 is 1.73 bits per heavy atom. The van der Waals surface area contributed by atoms with Gasteiger partial charge in [0.05, 0.1) is 6.04 Å². The molecule has 0 aliphatic heterocycles. The van der Waals surface area contributed by atoms with E-state index in [2.05, 4.69) is 14.6 Å². The molecule has 0 aromatic carbocycles. The summed E-state index contributed by atoms with van der Waals surface area (Å²) in [5.41, 5.74) is 5.16. The Balaban J connectivity index is 3.06. The summed E-state index contributed by atoms with van der Waals surface area (Å²) < 4.78 is 64.7. The first-order valence-electron chi connectivity index (χ1n) is 3.70. The third kappa shape index (κ3) is 2.06. The van der Waals surface area contributed by atoms with Crippen molar-refractivity contribution in [3.63, 3.8) is 0 Å². The van der Waals surface area contributed by atoms with Crippen LogP contribution in [0.1, 0.15) is 24.7 Å². The average molecular weight is 231 g/mol. The molecule has 0 radical (unpaired) electrons. The molecule has 1 unspecified atom stereocenters. The van der Waals surface area contributed by atoms with Gasteiger partial charge in [0.25, 0.3) is 5.89 Å². The van der Waals surface area contributed by atoms with Gasteiger partial charge in [0.2, 0.25) is 5.89 Å². The Morgan fingerprint density at radius 3 is 2.07 bits per heavy atom. The molecular formula is C6H6F5N3O. The second-order valence-electron chi connectivity index (χ2n) is 2.81. The molecule has 0 aliphatic carbocycles. The van der Waals surface area contributed by atoms with Crippen LogP contribution in [0.25, 0.3) is 0 Å². The standard InChI is InChI=1S/C6H6F5N3O/c1-2(12)3-13-14-4(15-3)5(7,8)6(9,10)11/h2H,12H2,1H3. The monoisotopic (exact) mass is 231 g/mol. The van der Waals surface area contributed by atoms with E-state index in [1.807, 2.05) is 0 Å². The van der Waals surface area contributed by atoms with Crippen LogP contribution >= 0.6 is 0 Å². The number of rotatable bonds is 2. The summed E-state index contributed by atoms with van der Waals surface area (Å²) in [6.45, 7) is 1.31. The van der Waals surface area contributed by atoms with E-state index in [9.17, 15) is 22.0 Å². The van der Waals surface area contributed by atoms with Crippen molar-refractivity contribution < 1.29 is 26.4 Å². The maximum Gasteiger partial charge on any atom is 0.463 e. The highest BCUT2D eigenvalue weighted by Gasteiger charge is 2.63. The third-order valence-corrected chi connectivity index (χ3v) is 1.45. The highest BCUT2D eigenvalue weighted by atomic mass is 19.4. The minimum absolute atomic E-state index is 0.478. The van der Waals surface area contributed by atoms with Gasteiger partial charge in [-0.25, -0.2) is 0 Å². The zero-order valence-electron chi connectivity index (χ0n) is 7.35. The fourth-order valence-corrected chi connectivity index (χ4v) is 0.667. The van der Waals surface area contributed by atoms with E-state index in [-0.39, 0.29) is 0 Å². The molecule has 1 heterocycles. The molecule has 86 valence electrons. The van der Waals surface area contributed by atoms with Crippen molar-refractivity contribution in [1.82, 2.24) is 10.2 Å². The van der Waals surface area contributed by atoms with Crippen LogP contribution in [0.3, 0.4) is 0 Å². The lowest BCUT2D eigenvalue weighted by Crippen LogP contribution is -2.34. The molecule has 0 fully saturated rings. The summed E-state index contributed by atoms with van der Waals surface area (Å²) in [7, 11) is 0. The average Bonchev–Trinajstić information content (AvgIpc) is 2.49. The second kappa shape index (κ2) is 3.40. The van der Waals surface area contributed by atoms with Crippen molar-refractivity contribution in [2.45, 2.75) is 25.1 Å². The van der Waals surface area contributed by atoms with E-state index in [1.54, 1.807) is 0 Å². The molecule has 0 spiro atoms. The maximum atomic E-state index is 12.6. The third-order valence-electron chi connectivity index (χ3n) is 1.45. The molecular weight excluding hydrogens is 225 g/mol. The quantitative estimate of drug-likeness (QED) is 0.787. The first-order chi connectivity index (χ1) is 6.66. The van der Waals surface area contributed by atoms with Crippen molar-refractivity contribution in [3.8, 4) is 0 Å². The molecule has 2 N–H and O–H groups in total. The van der Waals surface area contributed by atoms with Crippen LogP contribution in [0.5, 0.6) is 0 Å². The lowest BCUT2D eigenvalue weighted by atomic mass is 10.3. The molecule has 15 heavy (non-hydrogen) atoms. The number of halogens is 5. The molecule has 0 amide bonds. The number of hydrogen-bond donors (Lipinski definition) is 1. The molecule has 9 heteroatoms. The lowest BCUT2D eigenvalue weighted by Gasteiger charge is -2.14. The van der Waals surface area contributed by atoms with Crippen molar-refractivity contribution in [2.75, 3.05) is 0 Å². The van der Waals surface area contributed by atoms with Gasteiger partial charge >= 0.3 is 12.1 Å². The minimum atomic E-state index is -5.77. The van der Waals surface area contributed by atoms with Crippen LogP contribution in [-0.4, -0.2) is 16.4 Å². The van der Waals surface area contributed by atoms with E-state index in [0.717, 1.165) is 0 Å². The van der Waals surface area contributed by atoms with Crippen LogP contribution < -0.4 is 5.73 Å². The van der Waals surface area contributed by atoms with E-state index in [1.165, 1.54) is 6.92 Å². The largest absolute Gasteiger partial charge is 0.463 e. The molecule has 0 bridgehead atoms. The minimum Gasteiger partial charge on any atom is -0.418 e. The molecule has 4 nitrogen and oxygen atoms in total. The Bertz CT molecular complexity index is 345. The summed E-state index contributed by atoms with van der Waals surface area (Å²) in [4.78, 5) is 0. The Kier molecular flexibility index (Phi) is 2.68. The molecule has 1 aromatic rings. The summed E-state index contributed by atoms with van der Waals surface area (Å²) in [5, 5.41) is 5.58. The number of nitrogens with zero attached hydrogens (tertiary/aromatic N) is 2.